The van der Waals surface area contributed by atoms with E-state index in [4.69, 9.17) is 9.47 Å². The first-order valence-corrected chi connectivity index (χ1v) is 10.5. The van der Waals surface area contributed by atoms with Gasteiger partial charge in [0.2, 0.25) is 0 Å². The Morgan fingerprint density at radius 2 is 1.81 bits per heavy atom. The maximum absolute atomic E-state index is 11.6. The van der Waals surface area contributed by atoms with Gasteiger partial charge in [0.05, 0.1) is 0 Å². The molecular weight excluding hydrogens is 340 g/mol. The molecule has 6 atom stereocenters. The van der Waals surface area contributed by atoms with Crippen LogP contribution in [0.2, 0.25) is 0 Å². The third-order valence-electron chi connectivity index (χ3n) is 8.23. The van der Waals surface area contributed by atoms with Crippen LogP contribution in [0.5, 0.6) is 0 Å². The van der Waals surface area contributed by atoms with Crippen molar-refractivity contribution >= 4 is 11.9 Å². The van der Waals surface area contributed by atoms with Crippen molar-refractivity contribution in [1.82, 2.24) is 0 Å². The van der Waals surface area contributed by atoms with Crippen LogP contribution in [0.1, 0.15) is 72.6 Å². The highest BCUT2D eigenvalue weighted by atomic mass is 16.5. The summed E-state index contributed by atoms with van der Waals surface area (Å²) < 4.78 is 11.1. The van der Waals surface area contributed by atoms with Crippen molar-refractivity contribution in [2.45, 2.75) is 78.7 Å². The lowest BCUT2D eigenvalue weighted by molar-refractivity contribution is -0.156. The minimum Gasteiger partial charge on any atom is -0.462 e. The van der Waals surface area contributed by atoms with Gasteiger partial charge in [-0.1, -0.05) is 19.9 Å². The zero-order valence-corrected chi connectivity index (χ0v) is 17.0. The van der Waals surface area contributed by atoms with Gasteiger partial charge in [-0.15, -0.1) is 0 Å². The second kappa shape index (κ2) is 6.49. The largest absolute Gasteiger partial charge is 0.462 e. The molecule has 27 heavy (non-hydrogen) atoms. The van der Waals surface area contributed by atoms with Crippen molar-refractivity contribution in [2.75, 3.05) is 0 Å². The Morgan fingerprint density at radius 1 is 1.04 bits per heavy atom. The molecule has 4 rings (SSSR count). The lowest BCUT2D eigenvalue weighted by Gasteiger charge is -2.56. The molecule has 0 saturated heterocycles. The lowest BCUT2D eigenvalue weighted by atomic mass is 9.48. The number of carbonyl (C=O) groups excluding carboxylic acids is 2. The van der Waals surface area contributed by atoms with E-state index in [1.165, 1.54) is 32.3 Å². The zero-order chi connectivity index (χ0) is 19.4. The molecule has 0 bridgehead atoms. The molecule has 0 aromatic rings. The van der Waals surface area contributed by atoms with E-state index >= 15 is 0 Å². The van der Waals surface area contributed by atoms with E-state index in [-0.39, 0.29) is 28.9 Å². The lowest BCUT2D eigenvalue weighted by Crippen LogP contribution is -2.50. The topological polar surface area (TPSA) is 52.6 Å². The molecule has 0 heterocycles. The summed E-state index contributed by atoms with van der Waals surface area (Å²) in [6.07, 6.45) is 12.1. The number of hydrogen-bond donors (Lipinski definition) is 0. The normalized spacial score (nSPS) is 42.8. The fourth-order valence-corrected chi connectivity index (χ4v) is 6.91. The zero-order valence-electron chi connectivity index (χ0n) is 17.0. The molecule has 4 aliphatic carbocycles. The maximum Gasteiger partial charge on any atom is 0.307 e. The van der Waals surface area contributed by atoms with Crippen LogP contribution in [-0.2, 0) is 19.1 Å². The molecular formula is C23H32O4. The Balaban J connectivity index is 1.60. The fraction of sp³-hybridized carbons (Fsp3) is 0.739. The van der Waals surface area contributed by atoms with Gasteiger partial charge in [-0.25, -0.2) is 0 Å². The Hall–Kier alpha value is -1.58. The van der Waals surface area contributed by atoms with Crippen molar-refractivity contribution in [2.24, 2.45) is 28.6 Å². The van der Waals surface area contributed by atoms with E-state index in [1.807, 2.05) is 0 Å². The highest BCUT2D eigenvalue weighted by molar-refractivity contribution is 5.67. The van der Waals surface area contributed by atoms with Crippen molar-refractivity contribution in [3.63, 3.8) is 0 Å². The highest BCUT2D eigenvalue weighted by Crippen LogP contribution is 2.64. The van der Waals surface area contributed by atoms with Gasteiger partial charge >= 0.3 is 11.9 Å². The number of hydrogen-bond acceptors (Lipinski definition) is 4. The van der Waals surface area contributed by atoms with E-state index < -0.39 is 0 Å². The first-order valence-electron chi connectivity index (χ1n) is 10.5. The Kier molecular flexibility index (Phi) is 4.51. The Morgan fingerprint density at radius 3 is 2.52 bits per heavy atom. The first kappa shape index (κ1) is 18.8. The van der Waals surface area contributed by atoms with Crippen LogP contribution >= 0.6 is 0 Å². The van der Waals surface area contributed by atoms with Crippen LogP contribution in [-0.4, -0.2) is 18.0 Å². The minimum absolute atomic E-state index is 0.0842. The number of carbonyl (C=O) groups is 2. The van der Waals surface area contributed by atoms with E-state index in [1.54, 1.807) is 0 Å². The van der Waals surface area contributed by atoms with Crippen molar-refractivity contribution < 1.29 is 19.1 Å². The number of fused-ring (bicyclic) bond motifs is 5. The average molecular weight is 373 g/mol. The molecule has 2 saturated carbocycles. The molecule has 0 radical (unpaired) electrons. The van der Waals surface area contributed by atoms with Crippen molar-refractivity contribution in [1.29, 1.82) is 0 Å². The van der Waals surface area contributed by atoms with Crippen LogP contribution < -0.4 is 0 Å². The minimum atomic E-state index is -0.227. The predicted molar refractivity (Wildman–Crippen MR) is 102 cm³/mol. The van der Waals surface area contributed by atoms with E-state index in [0.29, 0.717) is 17.8 Å². The Labute approximate surface area is 162 Å². The molecule has 0 aromatic carbocycles. The molecule has 0 aromatic heterocycles. The molecule has 0 unspecified atom stereocenters. The molecule has 2 fully saturated rings. The van der Waals surface area contributed by atoms with Crippen molar-refractivity contribution in [3.8, 4) is 0 Å². The van der Waals surface area contributed by atoms with Gasteiger partial charge in [-0.2, -0.15) is 0 Å². The monoisotopic (exact) mass is 372 g/mol. The van der Waals surface area contributed by atoms with Crippen molar-refractivity contribution in [3.05, 3.63) is 23.5 Å². The summed E-state index contributed by atoms with van der Waals surface area (Å²) in [5.74, 6) is 2.42. The van der Waals surface area contributed by atoms with Crippen LogP contribution in [0.3, 0.4) is 0 Å². The number of ether oxygens (including phenoxy) is 2. The summed E-state index contributed by atoms with van der Waals surface area (Å²) in [6, 6.07) is 0. The number of rotatable bonds is 2. The smallest absolute Gasteiger partial charge is 0.307 e. The van der Waals surface area contributed by atoms with Crippen LogP contribution in [0.4, 0.5) is 0 Å². The molecule has 0 spiro atoms. The van der Waals surface area contributed by atoms with Gasteiger partial charge in [0, 0.05) is 25.7 Å². The summed E-state index contributed by atoms with van der Waals surface area (Å²) >= 11 is 0. The van der Waals surface area contributed by atoms with Crippen LogP contribution in [0, 0.1) is 28.6 Å². The summed E-state index contributed by atoms with van der Waals surface area (Å²) in [6.45, 7) is 7.78. The fourth-order valence-electron chi connectivity index (χ4n) is 6.91. The van der Waals surface area contributed by atoms with Gasteiger partial charge in [0.1, 0.15) is 11.9 Å². The number of allylic oxidation sites excluding steroid dienone is 4. The number of esters is 2. The summed E-state index contributed by atoms with van der Waals surface area (Å²) in [4.78, 5) is 22.9. The molecule has 4 heteroatoms. The van der Waals surface area contributed by atoms with Gasteiger partial charge in [0.25, 0.3) is 0 Å². The molecule has 4 aliphatic rings. The molecule has 148 valence electrons. The average Bonchev–Trinajstić information content (AvgIpc) is 2.91. The molecule has 0 aliphatic heterocycles. The summed E-state index contributed by atoms with van der Waals surface area (Å²) in [5, 5.41) is 0. The van der Waals surface area contributed by atoms with Gasteiger partial charge in [0.15, 0.2) is 0 Å². The second-order valence-corrected chi connectivity index (χ2v) is 9.61. The van der Waals surface area contributed by atoms with Gasteiger partial charge in [-0.3, -0.25) is 9.59 Å². The highest BCUT2D eigenvalue weighted by Gasteiger charge is 2.59. The summed E-state index contributed by atoms with van der Waals surface area (Å²) in [7, 11) is 0. The molecule has 0 N–H and O–H groups in total. The quantitative estimate of drug-likeness (QED) is 0.644. The first-order chi connectivity index (χ1) is 12.7. The third-order valence-corrected chi connectivity index (χ3v) is 8.23. The second-order valence-electron chi connectivity index (χ2n) is 9.61. The van der Waals surface area contributed by atoms with Crippen LogP contribution in [0.25, 0.3) is 0 Å². The molecule has 4 nitrogen and oxygen atoms in total. The SMILES string of the molecule is CC(=O)OC1=CC2=CC[C@H]3[C@@H]4CC[C@H](OC(C)=O)[C@@]4(C)CC[C@@H]3[C@@]2(C)CC1. The summed E-state index contributed by atoms with van der Waals surface area (Å²) in [5.41, 5.74) is 1.67. The maximum atomic E-state index is 11.6. The standard InChI is InChI=1S/C23H32O4/c1-14(24)26-17-9-11-22(3)16(13-17)5-6-18-19-7-8-21(27-15(2)25)23(19,4)12-10-20(18)22/h5,13,18-21H,6-12H2,1-4H3/t18-,19-,20-,21-,22-,23-/m0/s1. The molecule has 0 amide bonds. The predicted octanol–water partition coefficient (Wildman–Crippen LogP) is 4.94. The van der Waals surface area contributed by atoms with E-state index in [2.05, 4.69) is 26.0 Å². The third kappa shape index (κ3) is 2.96. The van der Waals surface area contributed by atoms with E-state index in [0.717, 1.165) is 37.9 Å². The van der Waals surface area contributed by atoms with E-state index in [9.17, 15) is 9.59 Å². The van der Waals surface area contributed by atoms with Gasteiger partial charge in [-0.05, 0) is 73.3 Å². The van der Waals surface area contributed by atoms with Gasteiger partial charge < -0.3 is 9.47 Å². The van der Waals surface area contributed by atoms with Crippen LogP contribution in [0.15, 0.2) is 23.5 Å². The Bertz CT molecular complexity index is 720.